The molecule has 2 fully saturated rings. The predicted octanol–water partition coefficient (Wildman–Crippen LogP) is 4.66. The zero-order valence-corrected chi connectivity index (χ0v) is 23.9. The number of anilines is 1. The van der Waals surface area contributed by atoms with Gasteiger partial charge in [-0.05, 0) is 69.5 Å². The topological polar surface area (TPSA) is 99.7 Å². The summed E-state index contributed by atoms with van der Waals surface area (Å²) in [6.45, 7) is 3.95. The van der Waals surface area contributed by atoms with Crippen LogP contribution in [0.1, 0.15) is 63.9 Å². The summed E-state index contributed by atoms with van der Waals surface area (Å²) in [6, 6.07) is 10.7. The highest BCUT2D eigenvalue weighted by atomic mass is 16.5. The standard InChI is InChI=1S/C30H44N6O3/c1-29(14-16-30(17-15-29,35(2)3)24-11-6-5-7-12-24)22-36(28(38)32-19-23-9-8-10-23)18-13-26(37)33-25-20-31-21-27(34-25)39-4/h5-7,11-12,20-21,23H,8-10,13-19,22H2,1-4H3,(H,32,38)(H,33,34,37)/t29-,30-. The summed E-state index contributed by atoms with van der Waals surface area (Å²) < 4.78 is 5.09. The summed E-state index contributed by atoms with van der Waals surface area (Å²) in [5.41, 5.74) is 1.32. The molecule has 0 radical (unpaired) electrons. The number of urea groups is 1. The molecule has 1 heterocycles. The normalized spacial score (nSPS) is 23.1. The number of nitrogens with one attached hydrogen (secondary N) is 2. The van der Waals surface area contributed by atoms with Crippen molar-refractivity contribution in [1.29, 1.82) is 0 Å². The molecule has 2 aromatic rings. The molecule has 1 aromatic carbocycles. The van der Waals surface area contributed by atoms with Gasteiger partial charge in [-0.1, -0.05) is 43.7 Å². The summed E-state index contributed by atoms with van der Waals surface area (Å²) in [5.74, 6) is 1.03. The Hall–Kier alpha value is -3.20. The highest BCUT2D eigenvalue weighted by Crippen LogP contribution is 2.48. The fourth-order valence-corrected chi connectivity index (χ4v) is 5.87. The molecule has 9 heteroatoms. The molecule has 1 aromatic heterocycles. The van der Waals surface area contributed by atoms with Crippen LogP contribution < -0.4 is 15.4 Å². The van der Waals surface area contributed by atoms with Crippen molar-refractivity contribution in [3.8, 4) is 5.88 Å². The van der Waals surface area contributed by atoms with E-state index in [1.807, 2.05) is 4.90 Å². The Morgan fingerprint density at radius 3 is 2.41 bits per heavy atom. The molecule has 2 N–H and O–H groups in total. The van der Waals surface area contributed by atoms with E-state index >= 15 is 0 Å². The minimum Gasteiger partial charge on any atom is -0.480 e. The van der Waals surface area contributed by atoms with Crippen LogP contribution in [-0.2, 0) is 10.3 Å². The van der Waals surface area contributed by atoms with E-state index in [1.54, 1.807) is 0 Å². The zero-order valence-electron chi connectivity index (χ0n) is 23.9. The van der Waals surface area contributed by atoms with Gasteiger partial charge in [0.2, 0.25) is 11.8 Å². The molecule has 0 spiro atoms. The van der Waals surface area contributed by atoms with Crippen molar-refractivity contribution in [3.63, 3.8) is 0 Å². The molecule has 0 bridgehead atoms. The highest BCUT2D eigenvalue weighted by Gasteiger charge is 2.44. The van der Waals surface area contributed by atoms with Crippen molar-refractivity contribution in [2.24, 2.45) is 11.3 Å². The Kier molecular flexibility index (Phi) is 9.43. The quantitative estimate of drug-likeness (QED) is 0.433. The van der Waals surface area contributed by atoms with Crippen LogP contribution in [0.15, 0.2) is 42.7 Å². The molecular formula is C30H44N6O3. The number of hydrogen-bond donors (Lipinski definition) is 2. The van der Waals surface area contributed by atoms with Crippen molar-refractivity contribution in [2.45, 2.75) is 63.8 Å². The first-order valence-corrected chi connectivity index (χ1v) is 14.1. The van der Waals surface area contributed by atoms with Crippen LogP contribution in [0.3, 0.4) is 0 Å². The van der Waals surface area contributed by atoms with Gasteiger partial charge in [-0.3, -0.25) is 14.7 Å². The van der Waals surface area contributed by atoms with E-state index in [-0.39, 0.29) is 29.3 Å². The van der Waals surface area contributed by atoms with Gasteiger partial charge in [0.05, 0.1) is 19.5 Å². The SMILES string of the molecule is COc1cncc(NC(=O)CCN(C[C@]2(C)CC[C@@](c3ccccc3)(N(C)C)CC2)C(=O)NCC2CCC2)n1. The van der Waals surface area contributed by atoms with Gasteiger partial charge in [-0.25, -0.2) is 4.79 Å². The molecular weight excluding hydrogens is 492 g/mol. The van der Waals surface area contributed by atoms with E-state index in [9.17, 15) is 9.59 Å². The van der Waals surface area contributed by atoms with Gasteiger partial charge in [0.1, 0.15) is 0 Å². The fourth-order valence-electron chi connectivity index (χ4n) is 5.87. The number of methoxy groups -OCH3 is 1. The van der Waals surface area contributed by atoms with E-state index in [4.69, 9.17) is 4.74 Å². The Balaban J connectivity index is 1.40. The molecule has 9 nitrogen and oxygen atoms in total. The third kappa shape index (κ3) is 7.26. The molecule has 0 saturated heterocycles. The summed E-state index contributed by atoms with van der Waals surface area (Å²) in [4.78, 5) is 38.6. The van der Waals surface area contributed by atoms with Crippen molar-refractivity contribution >= 4 is 17.8 Å². The van der Waals surface area contributed by atoms with Gasteiger partial charge in [-0.15, -0.1) is 0 Å². The Morgan fingerprint density at radius 1 is 1.08 bits per heavy atom. The number of hydrogen-bond acceptors (Lipinski definition) is 6. The fraction of sp³-hybridized carbons (Fsp3) is 0.600. The van der Waals surface area contributed by atoms with E-state index < -0.39 is 0 Å². The van der Waals surface area contributed by atoms with Crippen LogP contribution >= 0.6 is 0 Å². The maximum atomic E-state index is 13.4. The number of rotatable bonds is 11. The first kappa shape index (κ1) is 28.8. The molecule has 0 aliphatic heterocycles. The van der Waals surface area contributed by atoms with Gasteiger partial charge >= 0.3 is 6.03 Å². The number of carbonyl (C=O) groups is 2. The van der Waals surface area contributed by atoms with E-state index in [0.717, 1.165) is 25.7 Å². The molecule has 2 aliphatic rings. The number of amides is 3. The van der Waals surface area contributed by atoms with Crippen LogP contribution in [-0.4, -0.2) is 72.5 Å². The van der Waals surface area contributed by atoms with Crippen LogP contribution in [0.2, 0.25) is 0 Å². The lowest BCUT2D eigenvalue weighted by atomic mass is 9.65. The second-order valence-corrected chi connectivity index (χ2v) is 11.8. The molecule has 0 unspecified atom stereocenters. The molecule has 2 aliphatic carbocycles. The third-order valence-electron chi connectivity index (χ3n) is 8.78. The van der Waals surface area contributed by atoms with E-state index in [0.29, 0.717) is 37.3 Å². The monoisotopic (exact) mass is 536 g/mol. The summed E-state index contributed by atoms with van der Waals surface area (Å²) >= 11 is 0. The van der Waals surface area contributed by atoms with Crippen LogP contribution in [0, 0.1) is 11.3 Å². The molecule has 39 heavy (non-hydrogen) atoms. The lowest BCUT2D eigenvalue weighted by Gasteiger charge is -2.50. The summed E-state index contributed by atoms with van der Waals surface area (Å²) in [6.07, 6.45) is 10.8. The predicted molar refractivity (Wildman–Crippen MR) is 153 cm³/mol. The summed E-state index contributed by atoms with van der Waals surface area (Å²) in [7, 11) is 5.84. The average molecular weight is 537 g/mol. The molecule has 3 amide bonds. The maximum absolute atomic E-state index is 13.4. The van der Waals surface area contributed by atoms with Crippen molar-refractivity contribution < 1.29 is 14.3 Å². The second-order valence-electron chi connectivity index (χ2n) is 11.8. The minimum absolute atomic E-state index is 0.00422. The second kappa shape index (κ2) is 12.8. The molecule has 0 atom stereocenters. The van der Waals surface area contributed by atoms with Gasteiger partial charge in [-0.2, -0.15) is 4.98 Å². The lowest BCUT2D eigenvalue weighted by Crippen LogP contribution is -2.51. The smallest absolute Gasteiger partial charge is 0.317 e. The molecule has 4 rings (SSSR count). The average Bonchev–Trinajstić information content (AvgIpc) is 2.91. The summed E-state index contributed by atoms with van der Waals surface area (Å²) in [5, 5.41) is 5.93. The first-order valence-electron chi connectivity index (χ1n) is 14.1. The number of benzene rings is 1. The van der Waals surface area contributed by atoms with Crippen molar-refractivity contribution in [2.75, 3.05) is 46.2 Å². The van der Waals surface area contributed by atoms with Gasteiger partial charge in [0.25, 0.3) is 0 Å². The molecule has 212 valence electrons. The van der Waals surface area contributed by atoms with Crippen molar-refractivity contribution in [3.05, 3.63) is 48.3 Å². The molecule has 2 saturated carbocycles. The lowest BCUT2D eigenvalue weighted by molar-refractivity contribution is -0.116. The Labute approximate surface area is 232 Å². The minimum atomic E-state index is -0.209. The number of aromatic nitrogens is 2. The highest BCUT2D eigenvalue weighted by molar-refractivity contribution is 5.90. The van der Waals surface area contributed by atoms with Gasteiger partial charge in [0.15, 0.2) is 5.82 Å². The third-order valence-corrected chi connectivity index (χ3v) is 8.78. The van der Waals surface area contributed by atoms with Crippen LogP contribution in [0.4, 0.5) is 10.6 Å². The Morgan fingerprint density at radius 2 is 1.79 bits per heavy atom. The number of ether oxygens (including phenoxy) is 1. The maximum Gasteiger partial charge on any atom is 0.317 e. The largest absolute Gasteiger partial charge is 0.480 e. The number of nitrogens with zero attached hydrogens (tertiary/aromatic N) is 4. The number of carbonyl (C=O) groups excluding carboxylic acids is 2. The zero-order chi connectivity index (χ0) is 27.9. The van der Waals surface area contributed by atoms with E-state index in [1.165, 1.54) is 44.3 Å². The first-order chi connectivity index (χ1) is 18.7. The van der Waals surface area contributed by atoms with Gasteiger partial charge in [0, 0.05) is 31.6 Å². The van der Waals surface area contributed by atoms with Crippen LogP contribution in [0.25, 0.3) is 0 Å². The Bertz CT molecular complexity index is 1100. The van der Waals surface area contributed by atoms with E-state index in [2.05, 4.69) is 76.9 Å². The van der Waals surface area contributed by atoms with Crippen LogP contribution in [0.5, 0.6) is 5.88 Å². The van der Waals surface area contributed by atoms with Crippen molar-refractivity contribution in [1.82, 2.24) is 25.1 Å². The van der Waals surface area contributed by atoms with Gasteiger partial charge < -0.3 is 20.3 Å².